The van der Waals surface area contributed by atoms with E-state index in [1.165, 1.54) is 5.69 Å². The molecule has 4 nitrogen and oxygen atoms in total. The number of rotatable bonds is 7. The van der Waals surface area contributed by atoms with Crippen LogP contribution in [0.4, 0.5) is 0 Å². The van der Waals surface area contributed by atoms with Crippen LogP contribution in [0.15, 0.2) is 12.3 Å². The average Bonchev–Trinajstić information content (AvgIpc) is 2.68. The summed E-state index contributed by atoms with van der Waals surface area (Å²) in [6, 6.07) is 4.25. The van der Waals surface area contributed by atoms with Gasteiger partial charge in [-0.25, -0.2) is 0 Å². The van der Waals surface area contributed by atoms with Gasteiger partial charge in [0.05, 0.1) is 6.07 Å². The molecule has 0 unspecified atom stereocenters. The highest BCUT2D eigenvalue weighted by molar-refractivity contribution is 5.00. The second kappa shape index (κ2) is 6.41. The lowest BCUT2D eigenvalue weighted by Gasteiger charge is -2.23. The van der Waals surface area contributed by atoms with E-state index < -0.39 is 0 Å². The van der Waals surface area contributed by atoms with Crippen LogP contribution < -0.4 is 5.32 Å². The average molecular weight is 234 g/mol. The Hall–Kier alpha value is -1.34. The monoisotopic (exact) mass is 234 g/mol. The largest absolute Gasteiger partial charge is 0.316 e. The van der Waals surface area contributed by atoms with Crippen LogP contribution in [0.5, 0.6) is 0 Å². The van der Waals surface area contributed by atoms with Crippen LogP contribution in [-0.4, -0.2) is 22.9 Å². The van der Waals surface area contributed by atoms with Gasteiger partial charge in [-0.15, -0.1) is 0 Å². The minimum Gasteiger partial charge on any atom is -0.316 e. The first-order chi connectivity index (χ1) is 8.05. The first-order valence-corrected chi connectivity index (χ1v) is 6.10. The van der Waals surface area contributed by atoms with Crippen LogP contribution in [0, 0.1) is 16.7 Å². The molecule has 0 fully saturated rings. The normalized spacial score (nSPS) is 11.4. The summed E-state index contributed by atoms with van der Waals surface area (Å²) >= 11 is 0. The van der Waals surface area contributed by atoms with E-state index in [0.717, 1.165) is 25.9 Å². The van der Waals surface area contributed by atoms with Gasteiger partial charge < -0.3 is 5.32 Å². The molecule has 4 heteroatoms. The molecule has 0 aliphatic carbocycles. The molecular weight excluding hydrogens is 212 g/mol. The fourth-order valence-corrected chi connectivity index (χ4v) is 1.77. The van der Waals surface area contributed by atoms with Gasteiger partial charge in [0.2, 0.25) is 0 Å². The van der Waals surface area contributed by atoms with Gasteiger partial charge >= 0.3 is 0 Å². The zero-order valence-electron chi connectivity index (χ0n) is 11.0. The smallest absolute Gasteiger partial charge is 0.0621 e. The lowest BCUT2D eigenvalue weighted by atomic mass is 9.88. The number of hydrogen-bond donors (Lipinski definition) is 1. The van der Waals surface area contributed by atoms with Crippen LogP contribution in [-0.2, 0) is 13.5 Å². The van der Waals surface area contributed by atoms with Crippen LogP contribution in [0.1, 0.15) is 32.4 Å². The van der Waals surface area contributed by atoms with Gasteiger partial charge in [-0.1, -0.05) is 13.8 Å². The molecule has 1 aromatic rings. The molecule has 94 valence electrons. The van der Waals surface area contributed by atoms with E-state index in [4.69, 9.17) is 5.26 Å². The van der Waals surface area contributed by atoms with Gasteiger partial charge in [-0.3, -0.25) is 4.68 Å². The molecule has 17 heavy (non-hydrogen) atoms. The Morgan fingerprint density at radius 1 is 1.53 bits per heavy atom. The highest BCUT2D eigenvalue weighted by Crippen LogP contribution is 2.20. The molecule has 0 bridgehead atoms. The molecule has 0 saturated carbocycles. The number of aromatic nitrogens is 2. The van der Waals surface area contributed by atoms with E-state index in [1.54, 1.807) is 0 Å². The van der Waals surface area contributed by atoms with Crippen molar-refractivity contribution >= 4 is 0 Å². The molecule has 1 aromatic heterocycles. The molecule has 0 amide bonds. The van der Waals surface area contributed by atoms with Crippen molar-refractivity contribution in [2.24, 2.45) is 12.5 Å². The Morgan fingerprint density at radius 2 is 2.29 bits per heavy atom. The predicted octanol–water partition coefficient (Wildman–Crippen LogP) is 1.88. The maximum absolute atomic E-state index is 8.58. The SMILES string of the molecule is Cn1nccc1CCNCC(C)(C)CCC#N. The summed E-state index contributed by atoms with van der Waals surface area (Å²) < 4.78 is 1.91. The fraction of sp³-hybridized carbons (Fsp3) is 0.692. The van der Waals surface area contributed by atoms with E-state index in [1.807, 2.05) is 24.0 Å². The van der Waals surface area contributed by atoms with Crippen molar-refractivity contribution in [2.75, 3.05) is 13.1 Å². The number of aryl methyl sites for hydroxylation is 1. The van der Waals surface area contributed by atoms with Gasteiger partial charge in [0, 0.05) is 44.9 Å². The lowest BCUT2D eigenvalue weighted by molar-refractivity contribution is 0.319. The third kappa shape index (κ3) is 5.01. The van der Waals surface area contributed by atoms with E-state index >= 15 is 0 Å². The first kappa shape index (κ1) is 13.7. The fourth-order valence-electron chi connectivity index (χ4n) is 1.77. The molecule has 1 N–H and O–H groups in total. The van der Waals surface area contributed by atoms with E-state index in [-0.39, 0.29) is 5.41 Å². The Bertz CT molecular complexity index is 373. The number of nitrogens with one attached hydrogen (secondary N) is 1. The Kier molecular flexibility index (Phi) is 5.17. The van der Waals surface area contributed by atoms with Crippen molar-refractivity contribution in [3.63, 3.8) is 0 Å². The summed E-state index contributed by atoms with van der Waals surface area (Å²) in [6.45, 7) is 6.30. The molecule has 0 aromatic carbocycles. The molecular formula is C13H22N4. The summed E-state index contributed by atoms with van der Waals surface area (Å²) in [5, 5.41) is 16.2. The third-order valence-electron chi connectivity index (χ3n) is 3.00. The van der Waals surface area contributed by atoms with Crippen molar-refractivity contribution in [1.29, 1.82) is 5.26 Å². The first-order valence-electron chi connectivity index (χ1n) is 6.10. The summed E-state index contributed by atoms with van der Waals surface area (Å²) in [5.41, 5.74) is 1.44. The molecule has 1 rings (SSSR count). The van der Waals surface area contributed by atoms with Crippen molar-refractivity contribution in [3.05, 3.63) is 18.0 Å². The van der Waals surface area contributed by atoms with Crippen molar-refractivity contribution < 1.29 is 0 Å². The quantitative estimate of drug-likeness (QED) is 0.733. The van der Waals surface area contributed by atoms with Gasteiger partial charge in [-0.05, 0) is 17.9 Å². The van der Waals surface area contributed by atoms with E-state index in [0.29, 0.717) is 6.42 Å². The Balaban J connectivity index is 2.20. The van der Waals surface area contributed by atoms with Gasteiger partial charge in [0.25, 0.3) is 0 Å². The second-order valence-corrected chi connectivity index (χ2v) is 5.20. The van der Waals surface area contributed by atoms with Crippen molar-refractivity contribution in [2.45, 2.75) is 33.1 Å². The molecule has 0 atom stereocenters. The maximum Gasteiger partial charge on any atom is 0.0621 e. The van der Waals surface area contributed by atoms with Crippen molar-refractivity contribution in [1.82, 2.24) is 15.1 Å². The Labute approximate surface area is 104 Å². The van der Waals surface area contributed by atoms with Crippen LogP contribution >= 0.6 is 0 Å². The predicted molar refractivity (Wildman–Crippen MR) is 68.4 cm³/mol. The van der Waals surface area contributed by atoms with Crippen LogP contribution in [0.25, 0.3) is 0 Å². The van der Waals surface area contributed by atoms with E-state index in [2.05, 4.69) is 30.3 Å². The van der Waals surface area contributed by atoms with Crippen LogP contribution in [0.2, 0.25) is 0 Å². The lowest BCUT2D eigenvalue weighted by Crippen LogP contribution is -2.31. The molecule has 0 aliphatic rings. The number of hydrogen-bond acceptors (Lipinski definition) is 3. The van der Waals surface area contributed by atoms with E-state index in [9.17, 15) is 0 Å². The van der Waals surface area contributed by atoms with Gasteiger partial charge in [0.1, 0.15) is 0 Å². The summed E-state index contributed by atoms with van der Waals surface area (Å²) in [4.78, 5) is 0. The Morgan fingerprint density at radius 3 is 2.88 bits per heavy atom. The summed E-state index contributed by atoms with van der Waals surface area (Å²) in [7, 11) is 1.96. The zero-order chi connectivity index (χ0) is 12.7. The maximum atomic E-state index is 8.58. The summed E-state index contributed by atoms with van der Waals surface area (Å²) in [6.07, 6.45) is 4.40. The molecule has 0 spiro atoms. The minimum absolute atomic E-state index is 0.197. The third-order valence-corrected chi connectivity index (χ3v) is 3.00. The highest BCUT2D eigenvalue weighted by atomic mass is 15.3. The second-order valence-electron chi connectivity index (χ2n) is 5.20. The number of nitriles is 1. The van der Waals surface area contributed by atoms with Gasteiger partial charge in [0.15, 0.2) is 0 Å². The summed E-state index contributed by atoms with van der Waals surface area (Å²) in [5.74, 6) is 0. The topological polar surface area (TPSA) is 53.6 Å². The molecule has 1 heterocycles. The molecule has 0 aliphatic heterocycles. The molecule has 0 saturated heterocycles. The van der Waals surface area contributed by atoms with Gasteiger partial charge in [-0.2, -0.15) is 10.4 Å². The van der Waals surface area contributed by atoms with Crippen LogP contribution in [0.3, 0.4) is 0 Å². The van der Waals surface area contributed by atoms with Crippen molar-refractivity contribution in [3.8, 4) is 6.07 Å². The molecule has 0 radical (unpaired) electrons. The zero-order valence-corrected chi connectivity index (χ0v) is 11.0. The standard InChI is InChI=1S/C13H22N4/c1-13(2,7-4-8-14)11-15-9-5-12-6-10-16-17(12)3/h6,10,15H,4-5,7,9,11H2,1-3H3. The highest BCUT2D eigenvalue weighted by Gasteiger charge is 2.16. The minimum atomic E-state index is 0.197. The number of nitrogens with zero attached hydrogens (tertiary/aromatic N) is 3.